The first-order chi connectivity index (χ1) is 14.2. The average molecular weight is 423 g/mol. The summed E-state index contributed by atoms with van der Waals surface area (Å²) in [7, 11) is 2.96. The molecule has 2 atom stereocenters. The lowest BCUT2D eigenvalue weighted by Gasteiger charge is -2.23. The molecule has 160 valence electrons. The van der Waals surface area contributed by atoms with E-state index in [1.54, 1.807) is 16.8 Å². The quantitative estimate of drug-likeness (QED) is 0.743. The molecule has 0 aliphatic carbocycles. The van der Waals surface area contributed by atoms with Gasteiger partial charge >= 0.3 is 6.18 Å². The second kappa shape index (κ2) is 7.29. The van der Waals surface area contributed by atoms with Gasteiger partial charge in [-0.3, -0.25) is 9.59 Å². The number of carbonyl (C=O) groups excluding carboxylic acids is 1. The highest BCUT2D eigenvalue weighted by atomic mass is 19.4. The van der Waals surface area contributed by atoms with Gasteiger partial charge in [-0.15, -0.1) is 0 Å². The molecule has 0 N–H and O–H groups in total. The van der Waals surface area contributed by atoms with Crippen molar-refractivity contribution < 1.29 is 22.7 Å². The molecule has 2 fully saturated rings. The van der Waals surface area contributed by atoms with Crippen molar-refractivity contribution >= 4 is 11.9 Å². The highest BCUT2D eigenvalue weighted by Gasteiger charge is 2.43. The molecule has 2 aromatic rings. The first-order valence-corrected chi connectivity index (χ1v) is 9.36. The van der Waals surface area contributed by atoms with Crippen LogP contribution in [0, 0.1) is 11.8 Å². The SMILES string of the molecule is COc1cc(=O)n(C)cc1C(=O)N1CC2CN(c3nccc(C(F)(F)F)n3)CC2C1. The Morgan fingerprint density at radius 2 is 1.87 bits per heavy atom. The largest absolute Gasteiger partial charge is 0.496 e. The maximum absolute atomic E-state index is 13.0. The molecule has 8 nitrogen and oxygen atoms in total. The molecule has 4 heterocycles. The van der Waals surface area contributed by atoms with Crippen molar-refractivity contribution in [1.82, 2.24) is 19.4 Å². The number of aryl methyl sites for hydroxylation is 1. The number of rotatable bonds is 3. The number of aromatic nitrogens is 3. The van der Waals surface area contributed by atoms with Gasteiger partial charge in [-0.2, -0.15) is 13.2 Å². The first kappa shape index (κ1) is 20.2. The number of nitrogens with zero attached hydrogens (tertiary/aromatic N) is 5. The van der Waals surface area contributed by atoms with E-state index in [2.05, 4.69) is 9.97 Å². The summed E-state index contributed by atoms with van der Waals surface area (Å²) in [6.07, 6.45) is -1.95. The summed E-state index contributed by atoms with van der Waals surface area (Å²) in [4.78, 5) is 35.9. The number of hydrogen-bond acceptors (Lipinski definition) is 6. The number of methoxy groups -OCH3 is 1. The van der Waals surface area contributed by atoms with Gasteiger partial charge in [-0.1, -0.05) is 0 Å². The van der Waals surface area contributed by atoms with E-state index in [1.165, 1.54) is 23.9 Å². The van der Waals surface area contributed by atoms with Gasteiger partial charge in [0.1, 0.15) is 11.4 Å². The molecule has 0 bridgehead atoms. The predicted octanol–water partition coefficient (Wildman–Crippen LogP) is 1.41. The lowest BCUT2D eigenvalue weighted by Crippen LogP contribution is -2.34. The van der Waals surface area contributed by atoms with E-state index in [1.807, 2.05) is 0 Å². The topological polar surface area (TPSA) is 80.6 Å². The number of ether oxygens (including phenoxy) is 1. The normalized spacial score (nSPS) is 21.1. The number of carbonyl (C=O) groups is 1. The predicted molar refractivity (Wildman–Crippen MR) is 100 cm³/mol. The van der Waals surface area contributed by atoms with Gasteiger partial charge in [0.2, 0.25) is 5.95 Å². The van der Waals surface area contributed by atoms with Crippen LogP contribution in [0.15, 0.2) is 29.3 Å². The molecule has 2 aliphatic rings. The van der Waals surface area contributed by atoms with E-state index in [9.17, 15) is 22.8 Å². The van der Waals surface area contributed by atoms with E-state index in [4.69, 9.17) is 4.74 Å². The van der Waals surface area contributed by atoms with Crippen LogP contribution in [0.3, 0.4) is 0 Å². The minimum Gasteiger partial charge on any atom is -0.496 e. The van der Waals surface area contributed by atoms with Crippen LogP contribution in [0.4, 0.5) is 19.1 Å². The molecule has 0 saturated carbocycles. The van der Waals surface area contributed by atoms with Crippen molar-refractivity contribution in [3.05, 3.63) is 46.1 Å². The van der Waals surface area contributed by atoms with Gasteiger partial charge in [0.25, 0.3) is 11.5 Å². The standard InChI is InChI=1S/C19H20F3N5O3/c1-25-10-13(14(30-2)5-16(25)28)17(29)26-6-11-8-27(9-12(11)7-26)18-23-4-3-15(24-18)19(20,21)22/h3-5,10-12H,6-9H2,1-2H3. The minimum absolute atomic E-state index is 0.0526. The first-order valence-electron chi connectivity index (χ1n) is 9.36. The number of halogens is 3. The Balaban J connectivity index is 1.47. The van der Waals surface area contributed by atoms with E-state index in [-0.39, 0.29) is 35.0 Å². The van der Waals surface area contributed by atoms with Crippen LogP contribution >= 0.6 is 0 Å². The summed E-state index contributed by atoms with van der Waals surface area (Å²) >= 11 is 0. The van der Waals surface area contributed by atoms with E-state index >= 15 is 0 Å². The third-order valence-electron chi connectivity index (χ3n) is 5.63. The summed E-state index contributed by atoms with van der Waals surface area (Å²) in [5.41, 5.74) is -0.945. The average Bonchev–Trinajstić information content (AvgIpc) is 3.28. The zero-order valence-electron chi connectivity index (χ0n) is 16.4. The molecular formula is C19H20F3N5O3. The highest BCUT2D eigenvalue weighted by Crippen LogP contribution is 2.35. The molecule has 2 aliphatic heterocycles. The molecule has 2 saturated heterocycles. The molecule has 0 spiro atoms. The van der Waals surface area contributed by atoms with Crippen molar-refractivity contribution in [3.63, 3.8) is 0 Å². The zero-order valence-corrected chi connectivity index (χ0v) is 16.4. The van der Waals surface area contributed by atoms with Crippen LogP contribution in [-0.2, 0) is 13.2 Å². The molecule has 30 heavy (non-hydrogen) atoms. The maximum Gasteiger partial charge on any atom is 0.433 e. The number of likely N-dealkylation sites (tertiary alicyclic amines) is 1. The summed E-state index contributed by atoms with van der Waals surface area (Å²) in [5.74, 6) is 0.242. The van der Waals surface area contributed by atoms with Gasteiger partial charge in [-0.05, 0) is 6.07 Å². The highest BCUT2D eigenvalue weighted by molar-refractivity contribution is 5.96. The number of pyridine rings is 1. The Morgan fingerprint density at radius 1 is 1.20 bits per heavy atom. The number of anilines is 1. The van der Waals surface area contributed by atoms with Crippen molar-refractivity contribution in [2.45, 2.75) is 6.18 Å². The third kappa shape index (κ3) is 3.59. The molecule has 0 aromatic carbocycles. The fourth-order valence-electron chi connectivity index (χ4n) is 4.09. The fourth-order valence-corrected chi connectivity index (χ4v) is 4.09. The second-order valence-corrected chi connectivity index (χ2v) is 7.58. The van der Waals surface area contributed by atoms with Crippen molar-refractivity contribution in [3.8, 4) is 5.75 Å². The Morgan fingerprint density at radius 3 is 2.47 bits per heavy atom. The van der Waals surface area contributed by atoms with Gasteiger partial charge < -0.3 is 19.1 Å². The molecule has 4 rings (SSSR count). The van der Waals surface area contributed by atoms with Crippen molar-refractivity contribution in [1.29, 1.82) is 0 Å². The number of amides is 1. The van der Waals surface area contributed by atoms with Crippen LogP contribution in [-0.4, -0.2) is 58.6 Å². The maximum atomic E-state index is 13.0. The van der Waals surface area contributed by atoms with Gasteiger partial charge in [0, 0.05) is 63.5 Å². The number of hydrogen-bond donors (Lipinski definition) is 0. The summed E-state index contributed by atoms with van der Waals surface area (Å²) in [6, 6.07) is 2.12. The molecule has 2 unspecified atom stereocenters. The summed E-state index contributed by atoms with van der Waals surface area (Å²) in [5, 5.41) is 0. The smallest absolute Gasteiger partial charge is 0.433 e. The molecule has 2 aromatic heterocycles. The lowest BCUT2D eigenvalue weighted by atomic mass is 10.0. The van der Waals surface area contributed by atoms with Crippen LogP contribution in [0.25, 0.3) is 0 Å². The molecule has 11 heteroatoms. The second-order valence-electron chi connectivity index (χ2n) is 7.58. The van der Waals surface area contributed by atoms with E-state index < -0.39 is 11.9 Å². The van der Waals surface area contributed by atoms with Gasteiger partial charge in [-0.25, -0.2) is 9.97 Å². The van der Waals surface area contributed by atoms with Crippen molar-refractivity contribution in [2.24, 2.45) is 18.9 Å². The van der Waals surface area contributed by atoms with Crippen LogP contribution in [0.2, 0.25) is 0 Å². The van der Waals surface area contributed by atoms with Gasteiger partial charge in [0.05, 0.1) is 12.7 Å². The molecular weight excluding hydrogens is 403 g/mol. The van der Waals surface area contributed by atoms with E-state index in [0.29, 0.717) is 31.7 Å². The zero-order chi connectivity index (χ0) is 21.6. The Labute approximate surface area is 169 Å². The number of fused-ring (bicyclic) bond motifs is 1. The Hall–Kier alpha value is -3.11. The molecule has 1 amide bonds. The minimum atomic E-state index is -4.52. The monoisotopic (exact) mass is 423 g/mol. The molecule has 0 radical (unpaired) electrons. The summed E-state index contributed by atoms with van der Waals surface area (Å²) < 4.78 is 45.3. The fraction of sp³-hybridized carbons (Fsp3) is 0.474. The van der Waals surface area contributed by atoms with Crippen LogP contribution in [0.1, 0.15) is 16.1 Å². The van der Waals surface area contributed by atoms with Crippen LogP contribution < -0.4 is 15.2 Å². The number of alkyl halides is 3. The van der Waals surface area contributed by atoms with E-state index in [0.717, 1.165) is 12.3 Å². The third-order valence-corrected chi connectivity index (χ3v) is 5.63. The van der Waals surface area contributed by atoms with Gasteiger partial charge in [0.15, 0.2) is 0 Å². The Kier molecular flexibility index (Phi) is 4.91. The van der Waals surface area contributed by atoms with Crippen molar-refractivity contribution in [2.75, 3.05) is 38.2 Å². The summed E-state index contributed by atoms with van der Waals surface area (Å²) in [6.45, 7) is 1.87. The van der Waals surface area contributed by atoms with Crippen LogP contribution in [0.5, 0.6) is 5.75 Å². The Bertz CT molecular complexity index is 1020. The lowest BCUT2D eigenvalue weighted by molar-refractivity contribution is -0.141.